The van der Waals surface area contributed by atoms with E-state index < -0.39 is 0 Å². The highest BCUT2D eigenvalue weighted by molar-refractivity contribution is 5.40. The molecule has 1 aliphatic heterocycles. The van der Waals surface area contributed by atoms with Gasteiger partial charge < -0.3 is 24.6 Å². The van der Waals surface area contributed by atoms with Crippen LogP contribution in [0.3, 0.4) is 0 Å². The number of nitrogens with one attached hydrogen (secondary N) is 1. The summed E-state index contributed by atoms with van der Waals surface area (Å²) in [6.45, 7) is 2.78. The van der Waals surface area contributed by atoms with Crippen molar-refractivity contribution < 1.29 is 19.3 Å². The maximum Gasteiger partial charge on any atom is 0.123 e. The molecule has 1 aliphatic rings. The van der Waals surface area contributed by atoms with Crippen LogP contribution >= 0.6 is 0 Å². The molecule has 0 unspecified atom stereocenters. The van der Waals surface area contributed by atoms with Crippen molar-refractivity contribution >= 4 is 0 Å². The Bertz CT molecular complexity index is 412. The number of methoxy groups -OCH3 is 2. The van der Waals surface area contributed by atoms with Gasteiger partial charge in [0.1, 0.15) is 11.5 Å². The molecule has 1 aromatic carbocycles. The van der Waals surface area contributed by atoms with E-state index in [4.69, 9.17) is 14.2 Å². The summed E-state index contributed by atoms with van der Waals surface area (Å²) < 4.78 is 15.7. The Morgan fingerprint density at radius 1 is 1.32 bits per heavy atom. The molecule has 1 saturated heterocycles. The molecule has 0 amide bonds. The van der Waals surface area contributed by atoms with Gasteiger partial charge in [-0.15, -0.1) is 0 Å². The Morgan fingerprint density at radius 3 is 2.63 bits per heavy atom. The van der Waals surface area contributed by atoms with Crippen LogP contribution in [0, 0.1) is 5.41 Å². The van der Waals surface area contributed by atoms with E-state index in [1.807, 2.05) is 18.2 Å². The van der Waals surface area contributed by atoms with Gasteiger partial charge in [0.05, 0.1) is 39.5 Å². The summed E-state index contributed by atoms with van der Waals surface area (Å²) >= 11 is 0. The van der Waals surface area contributed by atoms with Crippen molar-refractivity contribution in [2.75, 3.05) is 40.6 Å². The van der Waals surface area contributed by atoms with Gasteiger partial charge in [0.2, 0.25) is 0 Å². The van der Waals surface area contributed by atoms with E-state index in [2.05, 4.69) is 5.32 Å². The summed E-state index contributed by atoms with van der Waals surface area (Å²) in [5, 5.41) is 12.7. The number of benzene rings is 1. The van der Waals surface area contributed by atoms with Gasteiger partial charge in [-0.2, -0.15) is 0 Å². The van der Waals surface area contributed by atoms with Crippen LogP contribution in [0.2, 0.25) is 0 Å². The third-order valence-corrected chi connectivity index (χ3v) is 3.45. The molecule has 19 heavy (non-hydrogen) atoms. The fourth-order valence-corrected chi connectivity index (χ4v) is 2.12. The van der Waals surface area contributed by atoms with Gasteiger partial charge in [-0.05, 0) is 18.2 Å². The molecule has 2 rings (SSSR count). The molecular formula is C14H21NO4. The van der Waals surface area contributed by atoms with Crippen molar-refractivity contribution in [2.45, 2.75) is 6.54 Å². The Balaban J connectivity index is 1.94. The van der Waals surface area contributed by atoms with E-state index in [-0.39, 0.29) is 12.0 Å². The maximum absolute atomic E-state index is 9.35. The predicted octanol–water partition coefficient (Wildman–Crippen LogP) is 0.802. The summed E-state index contributed by atoms with van der Waals surface area (Å²) in [6, 6.07) is 5.72. The van der Waals surface area contributed by atoms with E-state index in [9.17, 15) is 5.11 Å². The van der Waals surface area contributed by atoms with E-state index in [1.54, 1.807) is 14.2 Å². The van der Waals surface area contributed by atoms with Gasteiger partial charge in [0, 0.05) is 18.7 Å². The highest BCUT2D eigenvalue weighted by Gasteiger charge is 2.37. The Hall–Kier alpha value is -1.30. The van der Waals surface area contributed by atoms with Crippen LogP contribution in [0.15, 0.2) is 18.2 Å². The third kappa shape index (κ3) is 3.18. The predicted molar refractivity (Wildman–Crippen MR) is 71.6 cm³/mol. The molecule has 0 aliphatic carbocycles. The minimum Gasteiger partial charge on any atom is -0.497 e. The zero-order valence-electron chi connectivity index (χ0n) is 11.4. The molecule has 1 aromatic rings. The van der Waals surface area contributed by atoms with E-state index in [0.29, 0.717) is 19.8 Å². The van der Waals surface area contributed by atoms with Crippen molar-refractivity contribution in [3.63, 3.8) is 0 Å². The average molecular weight is 267 g/mol. The number of rotatable bonds is 7. The number of hydrogen-bond acceptors (Lipinski definition) is 5. The number of hydrogen-bond donors (Lipinski definition) is 2. The monoisotopic (exact) mass is 267 g/mol. The normalized spacial score (nSPS) is 16.8. The highest BCUT2D eigenvalue weighted by Crippen LogP contribution is 2.27. The second-order valence-corrected chi connectivity index (χ2v) is 4.93. The van der Waals surface area contributed by atoms with Crippen molar-refractivity contribution in [3.8, 4) is 11.5 Å². The van der Waals surface area contributed by atoms with E-state index in [1.165, 1.54) is 0 Å². The number of aliphatic hydroxyl groups is 1. The molecule has 1 heterocycles. The summed E-state index contributed by atoms with van der Waals surface area (Å²) in [6.07, 6.45) is 0. The molecule has 2 N–H and O–H groups in total. The van der Waals surface area contributed by atoms with Gasteiger partial charge in [0.25, 0.3) is 0 Å². The molecule has 1 fully saturated rings. The standard InChI is InChI=1S/C14H21NO4/c1-17-12-3-4-13(18-2)11(5-12)6-15-7-14(8-16)9-19-10-14/h3-5,15-16H,6-10H2,1-2H3. The molecule has 0 bridgehead atoms. The maximum atomic E-state index is 9.35. The van der Waals surface area contributed by atoms with Crippen molar-refractivity contribution in [1.29, 1.82) is 0 Å². The summed E-state index contributed by atoms with van der Waals surface area (Å²) in [5.41, 5.74) is 0.918. The van der Waals surface area contributed by atoms with Crippen LogP contribution in [0.5, 0.6) is 11.5 Å². The van der Waals surface area contributed by atoms with Crippen molar-refractivity contribution in [1.82, 2.24) is 5.32 Å². The van der Waals surface area contributed by atoms with Crippen LogP contribution in [-0.2, 0) is 11.3 Å². The Morgan fingerprint density at radius 2 is 2.11 bits per heavy atom. The molecule has 0 saturated carbocycles. The lowest BCUT2D eigenvalue weighted by Gasteiger charge is -2.40. The molecule has 5 nitrogen and oxygen atoms in total. The topological polar surface area (TPSA) is 60.0 Å². The Labute approximate surface area is 113 Å². The third-order valence-electron chi connectivity index (χ3n) is 3.45. The molecule has 0 radical (unpaired) electrons. The van der Waals surface area contributed by atoms with Crippen molar-refractivity contribution in [2.24, 2.45) is 5.41 Å². The lowest BCUT2D eigenvalue weighted by Crippen LogP contribution is -2.52. The van der Waals surface area contributed by atoms with Crippen molar-refractivity contribution in [3.05, 3.63) is 23.8 Å². The smallest absolute Gasteiger partial charge is 0.123 e. The van der Waals surface area contributed by atoms with E-state index >= 15 is 0 Å². The largest absolute Gasteiger partial charge is 0.497 e. The first-order valence-electron chi connectivity index (χ1n) is 6.33. The molecule has 106 valence electrons. The van der Waals surface area contributed by atoms with Gasteiger partial charge in [-0.1, -0.05) is 0 Å². The first-order chi connectivity index (χ1) is 9.23. The van der Waals surface area contributed by atoms with Crippen LogP contribution in [0.25, 0.3) is 0 Å². The van der Waals surface area contributed by atoms with Gasteiger partial charge in [-0.25, -0.2) is 0 Å². The van der Waals surface area contributed by atoms with E-state index in [0.717, 1.165) is 23.6 Å². The first-order valence-corrected chi connectivity index (χ1v) is 6.33. The molecule has 5 heteroatoms. The second-order valence-electron chi connectivity index (χ2n) is 4.93. The zero-order valence-corrected chi connectivity index (χ0v) is 11.4. The number of aliphatic hydroxyl groups excluding tert-OH is 1. The average Bonchev–Trinajstić information content (AvgIpc) is 2.41. The lowest BCUT2D eigenvalue weighted by molar-refractivity contribution is -0.134. The lowest BCUT2D eigenvalue weighted by atomic mass is 9.87. The first kappa shape index (κ1) is 14.1. The SMILES string of the molecule is COc1ccc(OC)c(CNCC2(CO)COC2)c1. The van der Waals surface area contributed by atoms with Crippen LogP contribution in [0.1, 0.15) is 5.56 Å². The van der Waals surface area contributed by atoms with Gasteiger partial charge >= 0.3 is 0 Å². The van der Waals surface area contributed by atoms with Crippen LogP contribution < -0.4 is 14.8 Å². The minimum atomic E-state index is -0.119. The van der Waals surface area contributed by atoms with Crippen LogP contribution in [-0.4, -0.2) is 45.7 Å². The highest BCUT2D eigenvalue weighted by atomic mass is 16.5. The molecule has 0 aromatic heterocycles. The molecule has 0 spiro atoms. The quantitative estimate of drug-likeness (QED) is 0.765. The van der Waals surface area contributed by atoms with Gasteiger partial charge in [-0.3, -0.25) is 0 Å². The van der Waals surface area contributed by atoms with Gasteiger partial charge in [0.15, 0.2) is 0 Å². The minimum absolute atomic E-state index is 0.119. The second kappa shape index (κ2) is 6.23. The number of ether oxygens (including phenoxy) is 3. The summed E-state index contributed by atoms with van der Waals surface area (Å²) in [7, 11) is 3.30. The summed E-state index contributed by atoms with van der Waals surface area (Å²) in [4.78, 5) is 0. The summed E-state index contributed by atoms with van der Waals surface area (Å²) in [5.74, 6) is 1.64. The van der Waals surface area contributed by atoms with Crippen LogP contribution in [0.4, 0.5) is 0 Å². The molecule has 0 atom stereocenters. The Kier molecular flexibility index (Phi) is 4.63. The fourth-order valence-electron chi connectivity index (χ4n) is 2.12. The zero-order chi connectivity index (χ0) is 13.7. The fraction of sp³-hybridized carbons (Fsp3) is 0.571. The molecular weight excluding hydrogens is 246 g/mol.